The van der Waals surface area contributed by atoms with Crippen LogP contribution in [-0.4, -0.2) is 13.3 Å². The largest absolute Gasteiger partial charge is 0.416 e. The summed E-state index contributed by atoms with van der Waals surface area (Å²) in [5.41, 5.74) is -0.782. The Morgan fingerprint density at radius 1 is 1.20 bits per heavy atom. The molecule has 1 nitrogen and oxygen atoms in total. The fourth-order valence-electron chi connectivity index (χ4n) is 1.05. The van der Waals surface area contributed by atoms with Gasteiger partial charge in [0.05, 0.1) is 5.56 Å². The first-order valence-electron chi connectivity index (χ1n) is 4.04. The van der Waals surface area contributed by atoms with Gasteiger partial charge in [0, 0.05) is 9.78 Å². The summed E-state index contributed by atoms with van der Waals surface area (Å²) < 4.78 is 49.2. The zero-order valence-electron chi connectivity index (χ0n) is 8.10. The Hall–Kier alpha value is -0.280. The zero-order valence-corrected chi connectivity index (χ0v) is 10.6. The van der Waals surface area contributed by atoms with Gasteiger partial charge in [-0.3, -0.25) is 0 Å². The van der Waals surface area contributed by atoms with Crippen LogP contribution < -0.4 is 5.30 Å². The number of halogens is 4. The van der Waals surface area contributed by atoms with Gasteiger partial charge in [-0.25, -0.2) is 0 Å². The molecule has 0 N–H and O–H groups in total. The Kier molecular flexibility index (Phi) is 3.36. The Morgan fingerprint density at radius 3 is 2.13 bits per heavy atom. The Bertz CT molecular complexity index is 422. The highest BCUT2D eigenvalue weighted by Crippen LogP contribution is 2.38. The minimum atomic E-state index is -4.41. The van der Waals surface area contributed by atoms with Crippen molar-refractivity contribution in [3.8, 4) is 0 Å². The molecule has 1 rings (SSSR count). The highest BCUT2D eigenvalue weighted by Gasteiger charge is 2.32. The summed E-state index contributed by atoms with van der Waals surface area (Å²) in [5.74, 6) is 0. The van der Waals surface area contributed by atoms with E-state index in [4.69, 9.17) is 0 Å². The van der Waals surface area contributed by atoms with Gasteiger partial charge in [-0.05, 0) is 31.5 Å². The highest BCUT2D eigenvalue weighted by molar-refractivity contribution is 9.10. The molecule has 6 heteroatoms. The summed E-state index contributed by atoms with van der Waals surface area (Å²) in [6, 6.07) is 3.36. The predicted molar refractivity (Wildman–Crippen MR) is 58.2 cm³/mol. The summed E-state index contributed by atoms with van der Waals surface area (Å²) in [5, 5.41) is 0.226. The molecule has 0 bridgehead atoms. The smallest absolute Gasteiger partial charge is 0.319 e. The second-order valence-electron chi connectivity index (χ2n) is 3.55. The van der Waals surface area contributed by atoms with Crippen molar-refractivity contribution in [2.45, 2.75) is 6.18 Å². The third-order valence-corrected chi connectivity index (χ3v) is 3.79. The van der Waals surface area contributed by atoms with Crippen LogP contribution in [0.4, 0.5) is 13.2 Å². The van der Waals surface area contributed by atoms with E-state index in [9.17, 15) is 17.7 Å². The van der Waals surface area contributed by atoms with Crippen LogP contribution in [-0.2, 0) is 10.7 Å². The van der Waals surface area contributed by atoms with Crippen LogP contribution in [0, 0.1) is 0 Å². The summed E-state index contributed by atoms with van der Waals surface area (Å²) in [6.07, 6.45) is -4.41. The van der Waals surface area contributed by atoms with Crippen molar-refractivity contribution in [2.24, 2.45) is 0 Å². The molecular weight excluding hydrogens is 292 g/mol. The highest BCUT2D eigenvalue weighted by atomic mass is 79.9. The van der Waals surface area contributed by atoms with E-state index >= 15 is 0 Å². The van der Waals surface area contributed by atoms with Gasteiger partial charge in [-0.15, -0.1) is 0 Å². The molecule has 0 aliphatic rings. The summed E-state index contributed by atoms with van der Waals surface area (Å²) in [4.78, 5) is 0. The van der Waals surface area contributed by atoms with Crippen molar-refractivity contribution in [3.63, 3.8) is 0 Å². The van der Waals surface area contributed by atoms with Crippen LogP contribution in [0.3, 0.4) is 0 Å². The van der Waals surface area contributed by atoms with E-state index in [-0.39, 0.29) is 9.78 Å². The molecule has 0 fully saturated rings. The Labute approximate surface area is 94.2 Å². The average molecular weight is 301 g/mol. The Balaban J connectivity index is 3.36. The van der Waals surface area contributed by atoms with Crippen molar-refractivity contribution in [1.29, 1.82) is 0 Å². The standard InChI is InChI=1S/C9H9BrF3OP/c1-15(2,14)8-4-6(9(11,12)13)3-7(10)5-8/h3-5H,1-2H3. The molecule has 0 unspecified atom stereocenters. The second-order valence-corrected chi connectivity index (χ2v) is 7.68. The number of hydrogen-bond acceptors (Lipinski definition) is 1. The van der Waals surface area contributed by atoms with Gasteiger partial charge in [0.25, 0.3) is 0 Å². The van der Waals surface area contributed by atoms with Gasteiger partial charge in [0.1, 0.15) is 7.14 Å². The molecule has 1 aromatic carbocycles. The van der Waals surface area contributed by atoms with Crippen LogP contribution in [0.2, 0.25) is 0 Å². The molecule has 0 aromatic heterocycles. The maximum Gasteiger partial charge on any atom is 0.416 e. The molecule has 0 aliphatic carbocycles. The fraction of sp³-hybridized carbons (Fsp3) is 0.333. The number of rotatable bonds is 1. The lowest BCUT2D eigenvalue weighted by atomic mass is 10.2. The quantitative estimate of drug-likeness (QED) is 0.723. The average Bonchev–Trinajstić information content (AvgIpc) is 1.99. The maximum atomic E-state index is 12.4. The lowest BCUT2D eigenvalue weighted by Gasteiger charge is -2.12. The molecule has 84 valence electrons. The molecule has 0 saturated heterocycles. The van der Waals surface area contributed by atoms with Crippen molar-refractivity contribution >= 4 is 28.4 Å². The van der Waals surface area contributed by atoms with Gasteiger partial charge in [-0.2, -0.15) is 13.2 Å². The summed E-state index contributed by atoms with van der Waals surface area (Å²) in [6.45, 7) is 2.88. The fourth-order valence-corrected chi connectivity index (χ4v) is 2.62. The van der Waals surface area contributed by atoms with E-state index in [1.807, 2.05) is 0 Å². The van der Waals surface area contributed by atoms with Crippen LogP contribution in [0.25, 0.3) is 0 Å². The van der Waals surface area contributed by atoms with Gasteiger partial charge in [-0.1, -0.05) is 15.9 Å². The number of alkyl halides is 3. The molecule has 15 heavy (non-hydrogen) atoms. The minimum absolute atomic E-state index is 0.226. The monoisotopic (exact) mass is 300 g/mol. The van der Waals surface area contributed by atoms with Gasteiger partial charge < -0.3 is 4.57 Å². The van der Waals surface area contributed by atoms with Crippen molar-refractivity contribution in [1.82, 2.24) is 0 Å². The zero-order chi connectivity index (χ0) is 11.9. The number of hydrogen-bond donors (Lipinski definition) is 0. The van der Waals surface area contributed by atoms with E-state index in [1.54, 1.807) is 0 Å². The van der Waals surface area contributed by atoms with Crippen LogP contribution in [0.1, 0.15) is 5.56 Å². The summed E-state index contributed by atoms with van der Waals surface area (Å²) in [7, 11) is -2.67. The van der Waals surface area contributed by atoms with Crippen LogP contribution in [0.5, 0.6) is 0 Å². The second kappa shape index (κ2) is 3.95. The van der Waals surface area contributed by atoms with E-state index in [0.717, 1.165) is 12.1 Å². The van der Waals surface area contributed by atoms with E-state index < -0.39 is 18.9 Å². The number of benzene rings is 1. The predicted octanol–water partition coefficient (Wildman–Crippen LogP) is 3.72. The van der Waals surface area contributed by atoms with E-state index in [1.165, 1.54) is 19.4 Å². The minimum Gasteiger partial charge on any atom is -0.319 e. The van der Waals surface area contributed by atoms with Crippen molar-refractivity contribution in [3.05, 3.63) is 28.2 Å². The van der Waals surface area contributed by atoms with E-state index in [2.05, 4.69) is 15.9 Å². The van der Waals surface area contributed by atoms with E-state index in [0.29, 0.717) is 0 Å². The molecule has 0 aliphatic heterocycles. The first kappa shape index (κ1) is 12.8. The molecule has 1 aromatic rings. The normalized spacial score (nSPS) is 12.9. The third-order valence-electron chi connectivity index (χ3n) is 1.83. The molecule has 0 heterocycles. The molecule has 0 saturated carbocycles. The first-order valence-corrected chi connectivity index (χ1v) is 7.43. The van der Waals surface area contributed by atoms with Gasteiger partial charge in [0.2, 0.25) is 0 Å². The van der Waals surface area contributed by atoms with Crippen LogP contribution >= 0.6 is 23.1 Å². The van der Waals surface area contributed by atoms with Crippen LogP contribution in [0.15, 0.2) is 22.7 Å². The summed E-state index contributed by atoms with van der Waals surface area (Å²) >= 11 is 2.98. The first-order chi connectivity index (χ1) is 6.60. The third kappa shape index (κ3) is 3.35. The SMILES string of the molecule is CP(C)(=O)c1cc(Br)cc(C(F)(F)F)c1. The lowest BCUT2D eigenvalue weighted by molar-refractivity contribution is -0.137. The van der Waals surface area contributed by atoms with Crippen molar-refractivity contribution < 1.29 is 17.7 Å². The molecule has 0 atom stereocenters. The van der Waals surface area contributed by atoms with Gasteiger partial charge in [0.15, 0.2) is 0 Å². The van der Waals surface area contributed by atoms with Gasteiger partial charge >= 0.3 is 6.18 Å². The lowest BCUT2D eigenvalue weighted by Crippen LogP contribution is -2.11. The maximum absolute atomic E-state index is 12.4. The topological polar surface area (TPSA) is 17.1 Å². The Morgan fingerprint density at radius 2 is 1.73 bits per heavy atom. The molecule has 0 radical (unpaired) electrons. The molecule has 0 spiro atoms. The molecular formula is C9H9BrF3OP. The van der Waals surface area contributed by atoms with Crippen molar-refractivity contribution in [2.75, 3.05) is 13.3 Å². The molecule has 0 amide bonds.